The first kappa shape index (κ1) is 24.2. The maximum atomic E-state index is 4.94. The van der Waals surface area contributed by atoms with Crippen molar-refractivity contribution in [2.45, 2.75) is 65.5 Å². The number of rotatable bonds is 7. The van der Waals surface area contributed by atoms with Crippen LogP contribution in [0.1, 0.15) is 58.9 Å². The lowest BCUT2D eigenvalue weighted by Crippen LogP contribution is -2.50. The smallest absolute Gasteiger partial charge is 0.191 e. The molecule has 1 aliphatic heterocycles. The van der Waals surface area contributed by atoms with E-state index in [0.29, 0.717) is 23.9 Å². The Kier molecular flexibility index (Phi) is 11.3. The average Bonchev–Trinajstić information content (AvgIpc) is 2.63. The Labute approximate surface area is 183 Å². The second kappa shape index (κ2) is 12.6. The van der Waals surface area contributed by atoms with Crippen LogP contribution in [0.2, 0.25) is 0 Å². The third-order valence-corrected chi connectivity index (χ3v) is 5.42. The van der Waals surface area contributed by atoms with Gasteiger partial charge in [0.2, 0.25) is 0 Å². The molecule has 1 fully saturated rings. The molecule has 0 aliphatic carbocycles. The van der Waals surface area contributed by atoms with Gasteiger partial charge in [0.05, 0.1) is 0 Å². The van der Waals surface area contributed by atoms with Crippen molar-refractivity contribution in [3.8, 4) is 0 Å². The molecule has 1 saturated heterocycles. The molecule has 0 radical (unpaired) electrons. The molecular formula is C22H39IN4. The van der Waals surface area contributed by atoms with Crippen LogP contribution in [0.25, 0.3) is 0 Å². The molecule has 1 aliphatic rings. The van der Waals surface area contributed by atoms with E-state index in [1.807, 2.05) is 0 Å². The lowest BCUT2D eigenvalue weighted by molar-refractivity contribution is 0.167. The van der Waals surface area contributed by atoms with E-state index in [0.717, 1.165) is 19.0 Å². The highest BCUT2D eigenvalue weighted by atomic mass is 127. The van der Waals surface area contributed by atoms with Gasteiger partial charge in [0.1, 0.15) is 0 Å². The molecule has 2 rings (SSSR count). The van der Waals surface area contributed by atoms with E-state index in [1.54, 1.807) is 0 Å². The Morgan fingerprint density at radius 3 is 2.26 bits per heavy atom. The number of aliphatic imine (C=N–C) groups is 1. The molecule has 0 spiro atoms. The highest BCUT2D eigenvalue weighted by molar-refractivity contribution is 14.0. The van der Waals surface area contributed by atoms with Gasteiger partial charge in [-0.05, 0) is 45.1 Å². The zero-order valence-corrected chi connectivity index (χ0v) is 20.1. The lowest BCUT2D eigenvalue weighted by Gasteiger charge is -2.35. The minimum absolute atomic E-state index is 0. The zero-order valence-electron chi connectivity index (χ0n) is 17.7. The van der Waals surface area contributed by atoms with E-state index in [2.05, 4.69) is 80.5 Å². The van der Waals surface area contributed by atoms with Crippen LogP contribution in [0.3, 0.4) is 0 Å². The molecule has 1 unspecified atom stereocenters. The number of piperidine rings is 1. The summed E-state index contributed by atoms with van der Waals surface area (Å²) in [4.78, 5) is 7.50. The van der Waals surface area contributed by atoms with Crippen molar-refractivity contribution < 1.29 is 0 Å². The SMILES string of the molecule is CCNC(=NCC(c1ccccc1)C(C)C)NC1CCN(C(C)C)CC1.I. The van der Waals surface area contributed by atoms with E-state index in [4.69, 9.17) is 4.99 Å². The molecule has 1 aromatic carbocycles. The number of likely N-dealkylation sites (tertiary alicyclic amines) is 1. The predicted octanol–water partition coefficient (Wildman–Crippen LogP) is 4.47. The van der Waals surface area contributed by atoms with Crippen LogP contribution in [-0.2, 0) is 0 Å². The normalized spacial score (nSPS) is 17.7. The number of halogens is 1. The molecule has 27 heavy (non-hydrogen) atoms. The molecule has 1 atom stereocenters. The van der Waals surface area contributed by atoms with Gasteiger partial charge in [-0.15, -0.1) is 24.0 Å². The molecule has 0 bridgehead atoms. The fourth-order valence-corrected chi connectivity index (χ4v) is 3.66. The molecule has 0 saturated carbocycles. The van der Waals surface area contributed by atoms with Gasteiger partial charge in [-0.3, -0.25) is 4.99 Å². The highest BCUT2D eigenvalue weighted by Gasteiger charge is 2.22. The largest absolute Gasteiger partial charge is 0.357 e. The van der Waals surface area contributed by atoms with Crippen LogP contribution in [0.4, 0.5) is 0 Å². The highest BCUT2D eigenvalue weighted by Crippen LogP contribution is 2.24. The summed E-state index contributed by atoms with van der Waals surface area (Å²) in [5.41, 5.74) is 1.38. The number of benzene rings is 1. The summed E-state index contributed by atoms with van der Waals surface area (Å²) in [6, 6.07) is 12.0. The van der Waals surface area contributed by atoms with Gasteiger partial charge in [-0.25, -0.2) is 0 Å². The summed E-state index contributed by atoms with van der Waals surface area (Å²) in [7, 11) is 0. The summed E-state index contributed by atoms with van der Waals surface area (Å²) in [5, 5.41) is 7.11. The first-order valence-corrected chi connectivity index (χ1v) is 10.3. The van der Waals surface area contributed by atoms with Crippen molar-refractivity contribution in [2.75, 3.05) is 26.2 Å². The number of nitrogens with zero attached hydrogens (tertiary/aromatic N) is 2. The lowest BCUT2D eigenvalue weighted by atomic mass is 9.88. The van der Waals surface area contributed by atoms with E-state index in [-0.39, 0.29) is 24.0 Å². The molecule has 0 amide bonds. The molecule has 2 N–H and O–H groups in total. The first-order chi connectivity index (χ1) is 12.5. The Morgan fingerprint density at radius 1 is 1.11 bits per heavy atom. The van der Waals surface area contributed by atoms with Gasteiger partial charge in [-0.1, -0.05) is 44.2 Å². The van der Waals surface area contributed by atoms with Gasteiger partial charge in [0, 0.05) is 44.2 Å². The fraction of sp³-hybridized carbons (Fsp3) is 0.682. The molecule has 5 heteroatoms. The molecule has 154 valence electrons. The molecule has 1 heterocycles. The van der Waals surface area contributed by atoms with E-state index in [1.165, 1.54) is 31.5 Å². The van der Waals surface area contributed by atoms with Crippen molar-refractivity contribution in [1.29, 1.82) is 0 Å². The second-order valence-corrected chi connectivity index (χ2v) is 8.03. The summed E-state index contributed by atoms with van der Waals surface area (Å²) < 4.78 is 0. The van der Waals surface area contributed by atoms with Gasteiger partial charge in [0.25, 0.3) is 0 Å². The predicted molar refractivity (Wildman–Crippen MR) is 128 cm³/mol. The summed E-state index contributed by atoms with van der Waals surface area (Å²) in [6.45, 7) is 15.3. The summed E-state index contributed by atoms with van der Waals surface area (Å²) >= 11 is 0. The van der Waals surface area contributed by atoms with E-state index < -0.39 is 0 Å². The Bertz CT molecular complexity index is 537. The molecule has 4 nitrogen and oxygen atoms in total. The van der Waals surface area contributed by atoms with Crippen LogP contribution in [0.15, 0.2) is 35.3 Å². The Morgan fingerprint density at radius 2 is 1.74 bits per heavy atom. The Hall–Kier alpha value is -0.820. The van der Waals surface area contributed by atoms with Crippen LogP contribution >= 0.6 is 24.0 Å². The average molecular weight is 486 g/mol. The van der Waals surface area contributed by atoms with E-state index in [9.17, 15) is 0 Å². The van der Waals surface area contributed by atoms with Gasteiger partial charge >= 0.3 is 0 Å². The molecular weight excluding hydrogens is 447 g/mol. The summed E-state index contributed by atoms with van der Waals surface area (Å²) in [6.07, 6.45) is 2.38. The van der Waals surface area contributed by atoms with Crippen molar-refractivity contribution in [3.63, 3.8) is 0 Å². The zero-order chi connectivity index (χ0) is 18.9. The Balaban J connectivity index is 0.00000364. The van der Waals surface area contributed by atoms with Crippen LogP contribution in [0, 0.1) is 5.92 Å². The maximum Gasteiger partial charge on any atom is 0.191 e. The minimum Gasteiger partial charge on any atom is -0.357 e. The first-order valence-electron chi connectivity index (χ1n) is 10.3. The number of nitrogens with one attached hydrogen (secondary N) is 2. The van der Waals surface area contributed by atoms with Crippen molar-refractivity contribution in [3.05, 3.63) is 35.9 Å². The third kappa shape index (κ3) is 7.98. The quantitative estimate of drug-likeness (QED) is 0.340. The van der Waals surface area contributed by atoms with E-state index >= 15 is 0 Å². The minimum atomic E-state index is 0. The van der Waals surface area contributed by atoms with Crippen LogP contribution in [-0.4, -0.2) is 49.1 Å². The standard InChI is InChI=1S/C22H38N4.HI/c1-6-23-22(25-20-12-14-26(15-13-20)18(4)5)24-16-21(17(2)3)19-10-8-7-9-11-19;/h7-11,17-18,20-21H,6,12-16H2,1-5H3,(H2,23,24,25);1H. The van der Waals surface area contributed by atoms with Crippen molar-refractivity contribution >= 4 is 29.9 Å². The molecule has 0 aromatic heterocycles. The van der Waals surface area contributed by atoms with Gasteiger partial charge < -0.3 is 15.5 Å². The topological polar surface area (TPSA) is 39.7 Å². The van der Waals surface area contributed by atoms with Gasteiger partial charge in [0.15, 0.2) is 5.96 Å². The maximum absolute atomic E-state index is 4.94. The second-order valence-electron chi connectivity index (χ2n) is 8.03. The third-order valence-electron chi connectivity index (χ3n) is 5.42. The monoisotopic (exact) mass is 486 g/mol. The fourth-order valence-electron chi connectivity index (χ4n) is 3.66. The van der Waals surface area contributed by atoms with Crippen LogP contribution in [0.5, 0.6) is 0 Å². The number of hydrogen-bond donors (Lipinski definition) is 2. The number of hydrogen-bond acceptors (Lipinski definition) is 2. The summed E-state index contributed by atoms with van der Waals surface area (Å²) in [5.74, 6) is 1.99. The van der Waals surface area contributed by atoms with Gasteiger partial charge in [-0.2, -0.15) is 0 Å². The van der Waals surface area contributed by atoms with Crippen LogP contribution < -0.4 is 10.6 Å². The van der Waals surface area contributed by atoms with Crippen molar-refractivity contribution in [2.24, 2.45) is 10.9 Å². The molecule has 1 aromatic rings. The van der Waals surface area contributed by atoms with Crippen molar-refractivity contribution in [1.82, 2.24) is 15.5 Å². The number of guanidine groups is 1.